The lowest BCUT2D eigenvalue weighted by atomic mass is 10.00. The molecule has 1 aromatic carbocycles. The third kappa shape index (κ3) is 5.03. The van der Waals surface area contributed by atoms with Crippen LogP contribution in [-0.2, 0) is 16.2 Å². The first-order valence-electron chi connectivity index (χ1n) is 11.0. The number of anilines is 3. The summed E-state index contributed by atoms with van der Waals surface area (Å²) in [6.45, 7) is 1.59. The second-order valence-electron chi connectivity index (χ2n) is 8.53. The monoisotopic (exact) mass is 516 g/mol. The second-order valence-corrected chi connectivity index (χ2v) is 10.7. The van der Waals surface area contributed by atoms with Crippen molar-refractivity contribution in [1.29, 1.82) is 0 Å². The molecule has 190 valence electrons. The van der Waals surface area contributed by atoms with Crippen LogP contribution in [0.25, 0.3) is 0 Å². The molecule has 2 fully saturated rings. The quantitative estimate of drug-likeness (QED) is 0.482. The summed E-state index contributed by atoms with van der Waals surface area (Å²) in [6, 6.07) is 2.73. The van der Waals surface area contributed by atoms with E-state index in [1.165, 1.54) is 12.1 Å². The highest BCUT2D eigenvalue weighted by molar-refractivity contribution is 7.89. The van der Waals surface area contributed by atoms with Crippen molar-refractivity contribution in [2.24, 2.45) is 5.73 Å². The largest absolute Gasteiger partial charge is 0.421 e. The lowest BCUT2D eigenvalue weighted by molar-refractivity contribution is -0.137. The number of nitrogens with zero attached hydrogens (tertiary/aromatic N) is 3. The van der Waals surface area contributed by atoms with E-state index in [-0.39, 0.29) is 35.5 Å². The fourth-order valence-electron chi connectivity index (χ4n) is 4.80. The van der Waals surface area contributed by atoms with E-state index in [2.05, 4.69) is 20.6 Å². The van der Waals surface area contributed by atoms with Gasteiger partial charge in [0.15, 0.2) is 0 Å². The summed E-state index contributed by atoms with van der Waals surface area (Å²) in [4.78, 5) is 19.4. The van der Waals surface area contributed by atoms with E-state index in [1.54, 1.807) is 11.2 Å². The maximum absolute atomic E-state index is 14.1. The van der Waals surface area contributed by atoms with Crippen molar-refractivity contribution in [1.82, 2.24) is 14.3 Å². The lowest BCUT2D eigenvalue weighted by Crippen LogP contribution is -2.50. The molecule has 2 aliphatic rings. The summed E-state index contributed by atoms with van der Waals surface area (Å²) in [5.74, 6) is -2.95. The number of hydrogen-bond donors (Lipinski definition) is 3. The number of piperidine rings is 1. The van der Waals surface area contributed by atoms with Crippen molar-refractivity contribution in [3.63, 3.8) is 0 Å². The molecule has 1 amide bonds. The molecule has 2 bridgehead atoms. The molecular weight excluding hydrogens is 492 g/mol. The molecule has 14 heteroatoms. The van der Waals surface area contributed by atoms with E-state index in [4.69, 9.17) is 5.73 Å². The Labute approximate surface area is 199 Å². The minimum absolute atomic E-state index is 0.00249. The standard InChI is InChI=1S/C21H24F4N6O3S/c1-2-35(33,34)31-12-6-7-13(31)9-11(8-12)28-20-27-10-14(21(23,24)25)19(30-20)29-16-5-3-4-15(22)17(16)18(26)32/h3-5,10-13H,2,6-9H2,1H3,(H2,26,32)(H2,27,28,29,30). The zero-order valence-corrected chi connectivity index (χ0v) is 19.5. The summed E-state index contributed by atoms with van der Waals surface area (Å²) in [5.41, 5.74) is 3.10. The third-order valence-corrected chi connectivity index (χ3v) is 8.26. The lowest BCUT2D eigenvalue weighted by Gasteiger charge is -2.38. The van der Waals surface area contributed by atoms with E-state index < -0.39 is 44.9 Å². The summed E-state index contributed by atoms with van der Waals surface area (Å²) in [6.07, 6.45) is -1.92. The maximum Gasteiger partial charge on any atom is 0.421 e. The zero-order valence-electron chi connectivity index (χ0n) is 18.6. The highest BCUT2D eigenvalue weighted by Crippen LogP contribution is 2.40. The number of halogens is 4. The Morgan fingerprint density at radius 1 is 1.23 bits per heavy atom. The Morgan fingerprint density at radius 2 is 1.89 bits per heavy atom. The minimum atomic E-state index is -4.83. The molecule has 35 heavy (non-hydrogen) atoms. The zero-order chi connectivity index (χ0) is 25.5. The van der Waals surface area contributed by atoms with Crippen molar-refractivity contribution in [3.05, 3.63) is 41.3 Å². The van der Waals surface area contributed by atoms with E-state index in [1.807, 2.05) is 0 Å². The maximum atomic E-state index is 14.1. The van der Waals surface area contributed by atoms with Crippen LogP contribution in [0.4, 0.5) is 35.0 Å². The summed E-state index contributed by atoms with van der Waals surface area (Å²) in [5, 5.41) is 5.38. The Kier molecular flexibility index (Phi) is 6.62. The average Bonchev–Trinajstić information content (AvgIpc) is 3.05. The number of carbonyl (C=O) groups is 1. The number of amides is 1. The molecule has 2 aliphatic heterocycles. The third-order valence-electron chi connectivity index (χ3n) is 6.29. The number of carbonyl (C=O) groups excluding carboxylic acids is 1. The van der Waals surface area contributed by atoms with Crippen LogP contribution in [-0.4, -0.2) is 52.5 Å². The van der Waals surface area contributed by atoms with Crippen LogP contribution in [0.1, 0.15) is 48.5 Å². The van der Waals surface area contributed by atoms with Gasteiger partial charge in [-0.3, -0.25) is 4.79 Å². The van der Waals surface area contributed by atoms with E-state index in [0.717, 1.165) is 6.07 Å². The number of sulfonamides is 1. The molecule has 1 aromatic heterocycles. The molecule has 0 saturated carbocycles. The van der Waals surface area contributed by atoms with E-state index >= 15 is 0 Å². The normalized spacial score (nSPS) is 22.7. The summed E-state index contributed by atoms with van der Waals surface area (Å²) >= 11 is 0. The van der Waals surface area contributed by atoms with Crippen LogP contribution in [0.5, 0.6) is 0 Å². The number of hydrogen-bond acceptors (Lipinski definition) is 7. The number of primary amides is 1. The van der Waals surface area contributed by atoms with Gasteiger partial charge in [-0.1, -0.05) is 6.07 Å². The number of fused-ring (bicyclic) bond motifs is 2. The van der Waals surface area contributed by atoms with Gasteiger partial charge in [-0.05, 0) is 44.7 Å². The number of benzene rings is 1. The van der Waals surface area contributed by atoms with Gasteiger partial charge in [-0.2, -0.15) is 22.5 Å². The molecule has 4 N–H and O–H groups in total. The van der Waals surface area contributed by atoms with E-state index in [0.29, 0.717) is 31.9 Å². The number of aromatic nitrogens is 2. The second kappa shape index (κ2) is 9.22. The molecule has 4 rings (SSSR count). The molecular formula is C21H24F4N6O3S. The van der Waals surface area contributed by atoms with Gasteiger partial charge in [0.05, 0.1) is 17.0 Å². The summed E-state index contributed by atoms with van der Waals surface area (Å²) < 4.78 is 81.4. The Bertz CT molecular complexity index is 1230. The molecule has 9 nitrogen and oxygen atoms in total. The first kappa shape index (κ1) is 25.1. The van der Waals surface area contributed by atoms with Crippen molar-refractivity contribution in [3.8, 4) is 0 Å². The molecule has 2 saturated heterocycles. The molecule has 2 unspecified atom stereocenters. The number of nitrogens with one attached hydrogen (secondary N) is 2. The van der Waals surface area contributed by atoms with Gasteiger partial charge in [0, 0.05) is 24.3 Å². The van der Waals surface area contributed by atoms with Crippen LogP contribution < -0.4 is 16.4 Å². The molecule has 0 spiro atoms. The highest BCUT2D eigenvalue weighted by Gasteiger charge is 2.46. The van der Waals surface area contributed by atoms with Crippen LogP contribution in [0.3, 0.4) is 0 Å². The van der Waals surface area contributed by atoms with Gasteiger partial charge in [-0.25, -0.2) is 17.8 Å². The first-order valence-corrected chi connectivity index (χ1v) is 12.6. The van der Waals surface area contributed by atoms with Crippen LogP contribution in [0.15, 0.2) is 24.4 Å². The molecule has 2 atom stereocenters. The van der Waals surface area contributed by atoms with Crippen LogP contribution in [0.2, 0.25) is 0 Å². The topological polar surface area (TPSA) is 130 Å². The molecule has 2 aromatic rings. The number of rotatable bonds is 7. The van der Waals surface area contributed by atoms with Gasteiger partial charge in [0.2, 0.25) is 16.0 Å². The van der Waals surface area contributed by atoms with Gasteiger partial charge >= 0.3 is 6.18 Å². The SMILES string of the molecule is CCS(=O)(=O)N1C2CCC1CC(Nc1ncc(C(F)(F)F)c(Nc3cccc(F)c3C(N)=O)n1)C2. The van der Waals surface area contributed by atoms with Gasteiger partial charge in [0.1, 0.15) is 17.2 Å². The predicted molar refractivity (Wildman–Crippen MR) is 120 cm³/mol. The molecule has 0 aliphatic carbocycles. The molecule has 0 radical (unpaired) electrons. The Hall–Kier alpha value is -3.00. The minimum Gasteiger partial charge on any atom is -0.365 e. The van der Waals surface area contributed by atoms with Crippen molar-refractivity contribution < 1.29 is 30.8 Å². The van der Waals surface area contributed by atoms with Crippen molar-refractivity contribution >= 4 is 33.4 Å². The van der Waals surface area contributed by atoms with Crippen molar-refractivity contribution in [2.45, 2.75) is 56.9 Å². The van der Waals surface area contributed by atoms with Gasteiger partial charge in [-0.15, -0.1) is 0 Å². The predicted octanol–water partition coefficient (Wildman–Crippen LogP) is 3.23. The fraction of sp³-hybridized carbons (Fsp3) is 0.476. The fourth-order valence-corrected chi connectivity index (χ4v) is 6.39. The molecule has 3 heterocycles. The summed E-state index contributed by atoms with van der Waals surface area (Å²) in [7, 11) is -3.36. The Morgan fingerprint density at radius 3 is 2.46 bits per heavy atom. The smallest absolute Gasteiger partial charge is 0.365 e. The highest BCUT2D eigenvalue weighted by atomic mass is 32.2. The van der Waals surface area contributed by atoms with Gasteiger partial charge < -0.3 is 16.4 Å². The van der Waals surface area contributed by atoms with Crippen molar-refractivity contribution in [2.75, 3.05) is 16.4 Å². The van der Waals surface area contributed by atoms with Gasteiger partial charge in [0.25, 0.3) is 5.91 Å². The van der Waals surface area contributed by atoms with Crippen LogP contribution >= 0.6 is 0 Å². The number of alkyl halides is 3. The van der Waals surface area contributed by atoms with E-state index in [9.17, 15) is 30.8 Å². The van der Waals surface area contributed by atoms with Crippen LogP contribution in [0, 0.1) is 5.82 Å². The average molecular weight is 517 g/mol. The Balaban J connectivity index is 1.61. The number of nitrogens with two attached hydrogens (primary N) is 1. The first-order chi connectivity index (χ1) is 16.4.